The lowest BCUT2D eigenvalue weighted by molar-refractivity contribution is 0.414. The molecule has 0 amide bonds. The second kappa shape index (κ2) is 6.46. The number of hydrogen-bond acceptors (Lipinski definition) is 5. The van der Waals surface area contributed by atoms with Gasteiger partial charge in [0.05, 0.1) is 7.11 Å². The van der Waals surface area contributed by atoms with Crippen LogP contribution in [0.1, 0.15) is 5.56 Å². The van der Waals surface area contributed by atoms with Crippen molar-refractivity contribution in [3.05, 3.63) is 65.7 Å². The molecule has 0 fully saturated rings. The monoisotopic (exact) mass is 344 g/mol. The second-order valence-corrected chi connectivity index (χ2v) is 6.89. The number of fused-ring (bicyclic) bond motifs is 1. The van der Waals surface area contributed by atoms with Gasteiger partial charge in [-0.25, -0.2) is 13.1 Å². The third-order valence-corrected chi connectivity index (χ3v) is 4.96. The summed E-state index contributed by atoms with van der Waals surface area (Å²) in [5, 5.41) is 8.47. The highest BCUT2D eigenvalue weighted by molar-refractivity contribution is 7.89. The van der Waals surface area contributed by atoms with E-state index >= 15 is 0 Å². The Morgan fingerprint density at radius 1 is 1.12 bits per heavy atom. The summed E-state index contributed by atoms with van der Waals surface area (Å²) in [5.74, 6) is 0.698. The molecule has 0 atom stereocenters. The molecule has 3 rings (SSSR count). The Bertz CT molecular complexity index is 1020. The van der Waals surface area contributed by atoms with Crippen molar-refractivity contribution in [2.45, 2.75) is 11.4 Å². The maximum atomic E-state index is 12.5. The third-order valence-electron chi connectivity index (χ3n) is 3.56. The molecule has 7 heteroatoms. The van der Waals surface area contributed by atoms with Gasteiger partial charge in [0.1, 0.15) is 16.2 Å². The van der Waals surface area contributed by atoms with Crippen molar-refractivity contribution < 1.29 is 17.6 Å². The van der Waals surface area contributed by atoms with Crippen molar-refractivity contribution in [1.29, 1.82) is 5.41 Å². The number of benzene rings is 2. The number of rotatable bonds is 5. The molecular formula is C17H16N2O4S. The van der Waals surface area contributed by atoms with Crippen molar-refractivity contribution in [2.24, 2.45) is 0 Å². The van der Waals surface area contributed by atoms with E-state index in [-0.39, 0.29) is 11.4 Å². The van der Waals surface area contributed by atoms with Crippen LogP contribution in [0.3, 0.4) is 0 Å². The molecule has 0 saturated carbocycles. The minimum atomic E-state index is -3.86. The minimum absolute atomic E-state index is 0.110. The lowest BCUT2D eigenvalue weighted by atomic mass is 10.2. The maximum Gasteiger partial charge on any atom is 0.246 e. The lowest BCUT2D eigenvalue weighted by Crippen LogP contribution is -2.27. The summed E-state index contributed by atoms with van der Waals surface area (Å²) in [4.78, 5) is -0.185. The summed E-state index contributed by atoms with van der Waals surface area (Å²) in [7, 11) is -2.29. The summed E-state index contributed by atoms with van der Waals surface area (Å²) >= 11 is 0. The molecule has 0 bridgehead atoms. The second-order valence-electron chi connectivity index (χ2n) is 5.15. The van der Waals surface area contributed by atoms with Crippen LogP contribution in [0.15, 0.2) is 63.9 Å². The van der Waals surface area contributed by atoms with E-state index in [0.717, 1.165) is 5.56 Å². The van der Waals surface area contributed by atoms with Crippen LogP contribution in [0, 0.1) is 5.41 Å². The Morgan fingerprint density at radius 3 is 2.54 bits per heavy atom. The average molecular weight is 344 g/mol. The van der Waals surface area contributed by atoms with Crippen molar-refractivity contribution in [1.82, 2.24) is 4.72 Å². The molecule has 0 aliphatic carbocycles. The zero-order chi connectivity index (χ0) is 17.2. The molecule has 24 heavy (non-hydrogen) atoms. The van der Waals surface area contributed by atoms with E-state index in [9.17, 15) is 8.42 Å². The Labute approximate surface area is 139 Å². The predicted octanol–water partition coefficient (Wildman–Crippen LogP) is 2.40. The molecule has 124 valence electrons. The van der Waals surface area contributed by atoms with Crippen LogP contribution >= 0.6 is 0 Å². The molecule has 0 unspecified atom stereocenters. The molecule has 0 saturated heterocycles. The predicted molar refractivity (Wildman–Crippen MR) is 89.1 cm³/mol. The van der Waals surface area contributed by atoms with Crippen molar-refractivity contribution >= 4 is 21.0 Å². The maximum absolute atomic E-state index is 12.5. The Morgan fingerprint density at radius 2 is 1.83 bits per heavy atom. The van der Waals surface area contributed by atoms with Crippen LogP contribution < -0.4 is 15.0 Å². The van der Waals surface area contributed by atoms with Gasteiger partial charge in [0, 0.05) is 11.9 Å². The Hall–Kier alpha value is -2.64. The number of hydrogen-bond donors (Lipinski definition) is 2. The number of sulfonamides is 1. The zero-order valence-corrected chi connectivity index (χ0v) is 13.8. The number of para-hydroxylation sites is 1. The average Bonchev–Trinajstić information content (AvgIpc) is 2.59. The van der Waals surface area contributed by atoms with Gasteiger partial charge in [-0.3, -0.25) is 5.41 Å². The molecule has 2 N–H and O–H groups in total. The van der Waals surface area contributed by atoms with E-state index in [2.05, 4.69) is 4.72 Å². The molecular weight excluding hydrogens is 328 g/mol. The Balaban J connectivity index is 1.87. The van der Waals surface area contributed by atoms with Gasteiger partial charge in [-0.15, -0.1) is 0 Å². The fraction of sp³-hybridized carbons (Fsp3) is 0.118. The van der Waals surface area contributed by atoms with E-state index in [4.69, 9.17) is 14.6 Å². The molecule has 0 aliphatic rings. The highest BCUT2D eigenvalue weighted by atomic mass is 32.2. The van der Waals surface area contributed by atoms with Crippen LogP contribution in [0.5, 0.6) is 5.75 Å². The van der Waals surface area contributed by atoms with Gasteiger partial charge in [0.25, 0.3) is 0 Å². The van der Waals surface area contributed by atoms with Crippen LogP contribution in [0.4, 0.5) is 0 Å². The number of nitrogens with one attached hydrogen (secondary N) is 2. The summed E-state index contributed by atoms with van der Waals surface area (Å²) in [6.07, 6.45) is 0. The highest BCUT2D eigenvalue weighted by Crippen LogP contribution is 2.16. The minimum Gasteiger partial charge on any atom is -0.497 e. The van der Waals surface area contributed by atoms with Gasteiger partial charge in [-0.1, -0.05) is 30.3 Å². The van der Waals surface area contributed by atoms with E-state index in [1.54, 1.807) is 55.6 Å². The van der Waals surface area contributed by atoms with Crippen molar-refractivity contribution in [3.63, 3.8) is 0 Å². The Kier molecular flexibility index (Phi) is 4.37. The molecule has 6 nitrogen and oxygen atoms in total. The van der Waals surface area contributed by atoms with Crippen LogP contribution in [0.2, 0.25) is 0 Å². The normalized spacial score (nSPS) is 11.5. The van der Waals surface area contributed by atoms with Crippen LogP contribution in [-0.4, -0.2) is 15.5 Å². The molecule has 1 aromatic heterocycles. The first-order valence-electron chi connectivity index (χ1n) is 7.20. The quantitative estimate of drug-likeness (QED) is 0.743. The van der Waals surface area contributed by atoms with E-state index in [1.165, 1.54) is 6.07 Å². The highest BCUT2D eigenvalue weighted by Gasteiger charge is 2.18. The summed E-state index contributed by atoms with van der Waals surface area (Å²) in [5.41, 5.74) is 0.858. The van der Waals surface area contributed by atoms with Crippen molar-refractivity contribution in [3.8, 4) is 5.75 Å². The first-order valence-corrected chi connectivity index (χ1v) is 8.68. The van der Waals surface area contributed by atoms with Crippen LogP contribution in [-0.2, 0) is 16.6 Å². The molecule has 0 radical (unpaired) electrons. The molecule has 2 aromatic carbocycles. The number of methoxy groups -OCH3 is 1. The molecule has 1 heterocycles. The first-order chi connectivity index (χ1) is 11.5. The molecule has 3 aromatic rings. The topological polar surface area (TPSA) is 92.4 Å². The largest absolute Gasteiger partial charge is 0.497 e. The smallest absolute Gasteiger partial charge is 0.246 e. The van der Waals surface area contributed by atoms with E-state index in [1.807, 2.05) is 0 Å². The van der Waals surface area contributed by atoms with Gasteiger partial charge >= 0.3 is 0 Å². The van der Waals surface area contributed by atoms with E-state index in [0.29, 0.717) is 16.7 Å². The molecule has 0 aliphatic heterocycles. The SMILES string of the molecule is COc1ccc(CNS(=O)(=O)c2cc3ccccc3oc2=N)cc1. The summed E-state index contributed by atoms with van der Waals surface area (Å²) < 4.78 is 37.8. The van der Waals surface area contributed by atoms with Crippen LogP contribution in [0.25, 0.3) is 11.0 Å². The van der Waals surface area contributed by atoms with Gasteiger partial charge in [-0.2, -0.15) is 0 Å². The van der Waals surface area contributed by atoms with Gasteiger partial charge < -0.3 is 9.15 Å². The molecule has 0 spiro atoms. The van der Waals surface area contributed by atoms with Gasteiger partial charge in [-0.05, 0) is 29.8 Å². The summed E-state index contributed by atoms with van der Waals surface area (Å²) in [6, 6.07) is 15.5. The fourth-order valence-corrected chi connectivity index (χ4v) is 3.34. The van der Waals surface area contributed by atoms with Gasteiger partial charge in [0.2, 0.25) is 15.6 Å². The zero-order valence-electron chi connectivity index (χ0n) is 12.9. The third kappa shape index (κ3) is 3.32. The summed E-state index contributed by atoms with van der Waals surface area (Å²) in [6.45, 7) is 0.110. The standard InChI is InChI=1S/C17H16N2O4S/c1-22-14-8-6-12(7-9-14)11-19-24(20,21)16-10-13-4-2-3-5-15(13)23-17(16)18/h2-10,18-19H,11H2,1H3. The first kappa shape index (κ1) is 16.2. The lowest BCUT2D eigenvalue weighted by Gasteiger charge is -2.08. The fourth-order valence-electron chi connectivity index (χ4n) is 2.26. The van der Waals surface area contributed by atoms with Crippen molar-refractivity contribution in [2.75, 3.05) is 7.11 Å². The van der Waals surface area contributed by atoms with Gasteiger partial charge in [0.15, 0.2) is 0 Å². The van der Waals surface area contributed by atoms with E-state index < -0.39 is 15.6 Å². The number of ether oxygens (including phenoxy) is 1.